The fourth-order valence-electron chi connectivity index (χ4n) is 3.20. The fourth-order valence-corrected chi connectivity index (χ4v) is 3.20. The number of hydrogen-bond donors (Lipinski definition) is 1. The van der Waals surface area contributed by atoms with Crippen molar-refractivity contribution in [2.75, 3.05) is 13.1 Å². The van der Waals surface area contributed by atoms with Gasteiger partial charge < -0.3 is 9.73 Å². The summed E-state index contributed by atoms with van der Waals surface area (Å²) in [5, 5.41) is 3.20. The average Bonchev–Trinajstić information content (AvgIpc) is 2.92. The van der Waals surface area contributed by atoms with Crippen LogP contribution in [0.5, 0.6) is 0 Å². The molecule has 3 rings (SSSR count). The molecule has 2 saturated heterocycles. The average molecular weight is 248 g/mol. The predicted molar refractivity (Wildman–Crippen MR) is 67.9 cm³/mol. The van der Waals surface area contributed by atoms with Crippen molar-refractivity contribution in [2.24, 2.45) is 0 Å². The van der Waals surface area contributed by atoms with Gasteiger partial charge in [-0.05, 0) is 38.3 Å². The summed E-state index contributed by atoms with van der Waals surface area (Å²) in [7, 11) is 0. The summed E-state index contributed by atoms with van der Waals surface area (Å²) in [5.74, 6) is 0.235. The first-order valence-corrected chi connectivity index (χ1v) is 6.80. The fraction of sp³-hybridized carbons (Fsp3) is 0.643. The number of likely N-dealkylation sites (tertiary alicyclic amines) is 1. The number of amides is 1. The topological polar surface area (TPSA) is 45.5 Å². The number of hydrogen-bond acceptors (Lipinski definition) is 3. The first-order valence-electron chi connectivity index (χ1n) is 6.80. The summed E-state index contributed by atoms with van der Waals surface area (Å²) in [6, 6.07) is 2.03. The van der Waals surface area contributed by atoms with Crippen LogP contribution in [-0.4, -0.2) is 29.4 Å². The first kappa shape index (κ1) is 11.8. The lowest BCUT2D eigenvalue weighted by Gasteiger charge is -2.27. The second-order valence-corrected chi connectivity index (χ2v) is 5.59. The maximum Gasteiger partial charge on any atom is 0.220 e. The molecule has 1 aromatic heterocycles. The highest BCUT2D eigenvalue weighted by Gasteiger charge is 2.38. The minimum atomic E-state index is 0.0994. The van der Waals surface area contributed by atoms with Gasteiger partial charge in [0, 0.05) is 30.6 Å². The Balaban J connectivity index is 1.60. The van der Waals surface area contributed by atoms with Gasteiger partial charge in [0.2, 0.25) is 5.91 Å². The Morgan fingerprint density at radius 1 is 1.33 bits per heavy atom. The van der Waals surface area contributed by atoms with E-state index in [2.05, 4.69) is 10.2 Å². The maximum atomic E-state index is 11.4. The molecule has 0 saturated carbocycles. The Morgan fingerprint density at radius 3 is 3.00 bits per heavy atom. The van der Waals surface area contributed by atoms with Gasteiger partial charge in [-0.2, -0.15) is 0 Å². The van der Waals surface area contributed by atoms with Crippen molar-refractivity contribution in [1.82, 2.24) is 10.2 Å². The minimum absolute atomic E-state index is 0.0994. The Kier molecular flexibility index (Phi) is 3.12. The molecule has 0 aromatic carbocycles. The van der Waals surface area contributed by atoms with E-state index in [4.69, 9.17) is 4.42 Å². The van der Waals surface area contributed by atoms with Crippen molar-refractivity contribution >= 4 is 5.91 Å². The molecule has 2 fully saturated rings. The minimum Gasteiger partial charge on any atom is -0.472 e. The van der Waals surface area contributed by atoms with Crippen LogP contribution >= 0.6 is 0 Å². The van der Waals surface area contributed by atoms with E-state index in [1.54, 1.807) is 6.26 Å². The molecule has 0 radical (unpaired) electrons. The number of nitrogens with one attached hydrogen (secondary N) is 1. The molecule has 98 valence electrons. The van der Waals surface area contributed by atoms with E-state index in [-0.39, 0.29) is 11.4 Å². The van der Waals surface area contributed by atoms with E-state index >= 15 is 0 Å². The van der Waals surface area contributed by atoms with Crippen LogP contribution < -0.4 is 5.32 Å². The Bertz CT molecular complexity index is 415. The second-order valence-electron chi connectivity index (χ2n) is 5.59. The Hall–Kier alpha value is -1.29. The lowest BCUT2D eigenvalue weighted by atomic mass is 9.89. The molecule has 1 N–H and O–H groups in total. The smallest absolute Gasteiger partial charge is 0.220 e. The molecule has 1 amide bonds. The number of furan rings is 1. The van der Waals surface area contributed by atoms with Crippen molar-refractivity contribution in [2.45, 2.75) is 44.2 Å². The van der Waals surface area contributed by atoms with Gasteiger partial charge >= 0.3 is 0 Å². The van der Waals surface area contributed by atoms with Crippen LogP contribution in [-0.2, 0) is 11.3 Å². The van der Waals surface area contributed by atoms with Crippen molar-refractivity contribution < 1.29 is 9.21 Å². The van der Waals surface area contributed by atoms with Gasteiger partial charge in [0.05, 0.1) is 12.5 Å². The van der Waals surface area contributed by atoms with E-state index in [0.717, 1.165) is 45.3 Å². The summed E-state index contributed by atoms with van der Waals surface area (Å²) in [5.41, 5.74) is 1.34. The quantitative estimate of drug-likeness (QED) is 0.869. The normalized spacial score (nSPS) is 29.4. The maximum absolute atomic E-state index is 11.4. The van der Waals surface area contributed by atoms with Crippen molar-refractivity contribution in [1.29, 1.82) is 0 Å². The first-order chi connectivity index (χ1) is 8.76. The van der Waals surface area contributed by atoms with Crippen LogP contribution in [0.25, 0.3) is 0 Å². The number of rotatable bonds is 2. The van der Waals surface area contributed by atoms with Gasteiger partial charge in [0.1, 0.15) is 0 Å². The molecule has 2 aliphatic heterocycles. The lowest BCUT2D eigenvalue weighted by molar-refractivity contribution is -0.119. The monoisotopic (exact) mass is 248 g/mol. The summed E-state index contributed by atoms with van der Waals surface area (Å²) in [4.78, 5) is 13.9. The Labute approximate surface area is 107 Å². The van der Waals surface area contributed by atoms with E-state index < -0.39 is 0 Å². The standard InChI is InChI=1S/C14H20N2O2/c17-13-2-5-14(15-13)4-1-7-16(8-6-14)10-12-3-9-18-11-12/h3,9,11H,1-2,4-8,10H2,(H,15,17)/t14-/m1/s1. The Morgan fingerprint density at radius 2 is 2.28 bits per heavy atom. The summed E-state index contributed by atoms with van der Waals surface area (Å²) in [6.45, 7) is 3.13. The molecule has 1 spiro atoms. The van der Waals surface area contributed by atoms with Gasteiger partial charge in [0.25, 0.3) is 0 Å². The zero-order valence-corrected chi connectivity index (χ0v) is 10.7. The largest absolute Gasteiger partial charge is 0.472 e. The van der Waals surface area contributed by atoms with Crippen LogP contribution in [0.1, 0.15) is 37.7 Å². The van der Waals surface area contributed by atoms with Gasteiger partial charge in [-0.1, -0.05) is 0 Å². The molecule has 1 atom stereocenters. The molecule has 1 aromatic rings. The zero-order chi connectivity index (χ0) is 12.4. The molecule has 4 heteroatoms. The molecule has 3 heterocycles. The van der Waals surface area contributed by atoms with E-state index in [1.165, 1.54) is 5.56 Å². The van der Waals surface area contributed by atoms with Crippen LogP contribution in [0.3, 0.4) is 0 Å². The van der Waals surface area contributed by atoms with Crippen molar-refractivity contribution in [3.05, 3.63) is 24.2 Å². The molecule has 2 aliphatic rings. The summed E-state index contributed by atoms with van der Waals surface area (Å²) >= 11 is 0. The van der Waals surface area contributed by atoms with E-state index in [9.17, 15) is 4.79 Å². The van der Waals surface area contributed by atoms with Gasteiger partial charge in [-0.15, -0.1) is 0 Å². The summed E-state index contributed by atoms with van der Waals surface area (Å²) < 4.78 is 5.11. The molecule has 0 bridgehead atoms. The third kappa shape index (κ3) is 2.43. The third-order valence-corrected chi connectivity index (χ3v) is 4.26. The highest BCUT2D eigenvalue weighted by Crippen LogP contribution is 2.31. The van der Waals surface area contributed by atoms with Crippen molar-refractivity contribution in [3.8, 4) is 0 Å². The van der Waals surface area contributed by atoms with Crippen LogP contribution in [0.2, 0.25) is 0 Å². The van der Waals surface area contributed by atoms with Crippen LogP contribution in [0.15, 0.2) is 23.0 Å². The highest BCUT2D eigenvalue weighted by molar-refractivity contribution is 5.79. The van der Waals surface area contributed by atoms with Crippen LogP contribution in [0.4, 0.5) is 0 Å². The van der Waals surface area contributed by atoms with E-state index in [0.29, 0.717) is 6.42 Å². The second kappa shape index (κ2) is 4.76. The summed E-state index contributed by atoms with van der Waals surface area (Å²) in [6.07, 6.45) is 8.65. The van der Waals surface area contributed by atoms with E-state index in [1.807, 2.05) is 12.3 Å². The molecule has 4 nitrogen and oxygen atoms in total. The highest BCUT2D eigenvalue weighted by atomic mass is 16.3. The van der Waals surface area contributed by atoms with Crippen LogP contribution in [0, 0.1) is 0 Å². The lowest BCUT2D eigenvalue weighted by Crippen LogP contribution is -2.42. The molecule has 0 aliphatic carbocycles. The van der Waals surface area contributed by atoms with Gasteiger partial charge in [0.15, 0.2) is 0 Å². The van der Waals surface area contributed by atoms with Crippen molar-refractivity contribution in [3.63, 3.8) is 0 Å². The third-order valence-electron chi connectivity index (χ3n) is 4.26. The number of carbonyl (C=O) groups excluding carboxylic acids is 1. The zero-order valence-electron chi connectivity index (χ0n) is 10.7. The van der Waals surface area contributed by atoms with Gasteiger partial charge in [-0.3, -0.25) is 9.69 Å². The molecule has 0 unspecified atom stereocenters. The number of carbonyl (C=O) groups is 1. The predicted octanol–water partition coefficient (Wildman–Crippen LogP) is 1.91. The molecular weight excluding hydrogens is 228 g/mol. The molecule has 18 heavy (non-hydrogen) atoms. The number of nitrogens with zero attached hydrogens (tertiary/aromatic N) is 1. The SMILES string of the molecule is O=C1CC[C@@]2(CCCN(Cc3ccoc3)CC2)N1. The van der Waals surface area contributed by atoms with Gasteiger partial charge in [-0.25, -0.2) is 0 Å². The molecular formula is C14H20N2O2.